The predicted octanol–water partition coefficient (Wildman–Crippen LogP) is 6.15. The van der Waals surface area contributed by atoms with Gasteiger partial charge in [-0.25, -0.2) is 22.0 Å². The summed E-state index contributed by atoms with van der Waals surface area (Å²) in [6.07, 6.45) is 0. The van der Waals surface area contributed by atoms with Crippen LogP contribution in [0.15, 0.2) is 36.4 Å². The Morgan fingerprint density at radius 1 is 0.417 bits per heavy atom. The fourth-order valence-electron chi connectivity index (χ4n) is 3.11. The molecule has 0 nitrogen and oxygen atoms in total. The smallest absolute Gasteiger partial charge is 0.159 e. The van der Waals surface area contributed by atoms with Gasteiger partial charge in [0.05, 0.1) is 0 Å². The highest BCUT2D eigenvalue weighted by atomic mass is 19.2. The first-order chi connectivity index (χ1) is 11.4. The summed E-state index contributed by atoms with van der Waals surface area (Å²) in [6, 6.07) is 6.49. The third-order valence-electron chi connectivity index (χ3n) is 4.29. The number of aryl methyl sites for hydroxylation is 1. The Bertz CT molecular complexity index is 894. The molecule has 4 aromatic rings. The zero-order chi connectivity index (χ0) is 17.2. The third kappa shape index (κ3) is 1.97. The van der Waals surface area contributed by atoms with Crippen LogP contribution < -0.4 is 0 Å². The first-order valence-electron chi connectivity index (χ1n) is 7.16. The Morgan fingerprint density at radius 3 is 1.00 bits per heavy atom. The molecule has 5 heteroatoms. The molecule has 0 saturated carbocycles. The summed E-state index contributed by atoms with van der Waals surface area (Å²) in [6.45, 7) is 1.54. The van der Waals surface area contributed by atoms with E-state index in [0.29, 0.717) is 21.7 Å². The Morgan fingerprint density at radius 2 is 0.667 bits per heavy atom. The number of rotatable bonds is 0. The SMILES string of the molecule is Cc1cc2c(cc1F)c1cc(F)c(F)cc1c1cc(F)c(F)cc21. The second-order valence-corrected chi connectivity index (χ2v) is 5.77. The van der Waals surface area contributed by atoms with Crippen LogP contribution >= 0.6 is 0 Å². The van der Waals surface area contributed by atoms with Crippen molar-refractivity contribution in [2.75, 3.05) is 0 Å². The molecule has 24 heavy (non-hydrogen) atoms. The zero-order valence-corrected chi connectivity index (χ0v) is 12.4. The van der Waals surface area contributed by atoms with Crippen LogP contribution in [0.25, 0.3) is 32.3 Å². The van der Waals surface area contributed by atoms with Gasteiger partial charge in [-0.3, -0.25) is 0 Å². The zero-order valence-electron chi connectivity index (χ0n) is 12.4. The van der Waals surface area contributed by atoms with E-state index in [-0.39, 0.29) is 16.2 Å². The molecule has 0 aliphatic heterocycles. The molecule has 0 spiro atoms. The van der Waals surface area contributed by atoms with Gasteiger partial charge in [-0.05, 0) is 81.2 Å². The van der Waals surface area contributed by atoms with Gasteiger partial charge in [-0.2, -0.15) is 0 Å². The van der Waals surface area contributed by atoms with Crippen molar-refractivity contribution in [1.82, 2.24) is 0 Å². The lowest BCUT2D eigenvalue weighted by atomic mass is 9.93. The molecule has 0 N–H and O–H groups in total. The molecule has 4 rings (SSSR count). The van der Waals surface area contributed by atoms with Crippen molar-refractivity contribution in [2.24, 2.45) is 0 Å². The van der Waals surface area contributed by atoms with E-state index in [1.807, 2.05) is 0 Å². The lowest BCUT2D eigenvalue weighted by molar-refractivity contribution is 0.510. The lowest BCUT2D eigenvalue weighted by Crippen LogP contribution is -1.93. The van der Waals surface area contributed by atoms with E-state index >= 15 is 0 Å². The van der Waals surface area contributed by atoms with E-state index in [9.17, 15) is 22.0 Å². The molecule has 0 saturated heterocycles. The molecule has 0 aromatic heterocycles. The van der Waals surface area contributed by atoms with Gasteiger partial charge in [-0.1, -0.05) is 0 Å². The van der Waals surface area contributed by atoms with Crippen molar-refractivity contribution in [1.29, 1.82) is 0 Å². The first kappa shape index (κ1) is 14.9. The van der Waals surface area contributed by atoms with Gasteiger partial charge in [0.2, 0.25) is 0 Å². The highest BCUT2D eigenvalue weighted by Gasteiger charge is 2.16. The average molecular weight is 332 g/mol. The van der Waals surface area contributed by atoms with E-state index in [0.717, 1.165) is 24.3 Å². The Hall–Kier alpha value is -2.69. The minimum atomic E-state index is -1.11. The van der Waals surface area contributed by atoms with Crippen molar-refractivity contribution in [2.45, 2.75) is 6.92 Å². The fourth-order valence-corrected chi connectivity index (χ4v) is 3.11. The molecule has 0 radical (unpaired) electrons. The summed E-state index contributed by atoms with van der Waals surface area (Å²) in [5.41, 5.74) is 0.315. The Balaban J connectivity index is 2.40. The van der Waals surface area contributed by atoms with Crippen LogP contribution in [0.4, 0.5) is 22.0 Å². The molecule has 0 bridgehead atoms. The normalized spacial score (nSPS) is 11.8. The maximum Gasteiger partial charge on any atom is 0.159 e. The molecule has 0 amide bonds. The molecular weight excluding hydrogens is 323 g/mol. The highest BCUT2D eigenvalue weighted by molar-refractivity contribution is 6.25. The molecule has 0 fully saturated rings. The van der Waals surface area contributed by atoms with Gasteiger partial charge < -0.3 is 0 Å². The van der Waals surface area contributed by atoms with Gasteiger partial charge in [0.1, 0.15) is 5.82 Å². The van der Waals surface area contributed by atoms with Gasteiger partial charge in [0.25, 0.3) is 0 Å². The maximum atomic E-state index is 14.0. The second kappa shape index (κ2) is 4.90. The van der Waals surface area contributed by atoms with Crippen LogP contribution in [0.2, 0.25) is 0 Å². The molecule has 0 unspecified atom stereocenters. The van der Waals surface area contributed by atoms with E-state index < -0.39 is 29.1 Å². The lowest BCUT2D eigenvalue weighted by Gasteiger charge is -2.12. The van der Waals surface area contributed by atoms with Crippen LogP contribution in [0.3, 0.4) is 0 Å². The van der Waals surface area contributed by atoms with E-state index in [1.165, 1.54) is 19.1 Å². The van der Waals surface area contributed by atoms with Gasteiger partial charge >= 0.3 is 0 Å². The monoisotopic (exact) mass is 332 g/mol. The maximum absolute atomic E-state index is 14.0. The molecule has 4 aromatic carbocycles. The standard InChI is InChI=1S/C19H9F5/c1-8-2-9-10(3-15(8)20)12-5-17(22)19(24)7-14(12)13-6-18(23)16(21)4-11(9)13/h2-7H,1H3. The average Bonchev–Trinajstić information content (AvgIpc) is 2.53. The summed E-state index contributed by atoms with van der Waals surface area (Å²) < 4.78 is 68.8. The molecule has 0 heterocycles. The van der Waals surface area contributed by atoms with Crippen molar-refractivity contribution >= 4 is 32.3 Å². The highest BCUT2D eigenvalue weighted by Crippen LogP contribution is 2.37. The first-order valence-corrected chi connectivity index (χ1v) is 7.16. The van der Waals surface area contributed by atoms with Crippen LogP contribution in [0.1, 0.15) is 5.56 Å². The van der Waals surface area contributed by atoms with Gasteiger partial charge in [-0.15, -0.1) is 0 Å². The molecule has 120 valence electrons. The summed E-state index contributed by atoms with van der Waals surface area (Å²) in [7, 11) is 0. The van der Waals surface area contributed by atoms with Crippen molar-refractivity contribution in [3.8, 4) is 0 Å². The number of hydrogen-bond donors (Lipinski definition) is 0. The third-order valence-corrected chi connectivity index (χ3v) is 4.29. The van der Waals surface area contributed by atoms with Gasteiger partial charge in [0.15, 0.2) is 23.3 Å². The molecule has 0 aliphatic rings. The van der Waals surface area contributed by atoms with Crippen molar-refractivity contribution in [3.63, 3.8) is 0 Å². The largest absolute Gasteiger partial charge is 0.207 e. The molecular formula is C19H9F5. The Kier molecular flexibility index (Phi) is 3.04. The summed E-state index contributed by atoms with van der Waals surface area (Å²) in [5, 5.41) is 1.73. The minimum Gasteiger partial charge on any atom is -0.207 e. The Labute approximate surface area is 133 Å². The molecule has 0 atom stereocenters. The van der Waals surface area contributed by atoms with E-state index in [2.05, 4.69) is 0 Å². The number of halogens is 5. The predicted molar refractivity (Wildman–Crippen MR) is 83.5 cm³/mol. The fraction of sp³-hybridized carbons (Fsp3) is 0.0526. The van der Waals surface area contributed by atoms with E-state index in [4.69, 9.17) is 0 Å². The van der Waals surface area contributed by atoms with Crippen molar-refractivity contribution < 1.29 is 22.0 Å². The number of hydrogen-bond acceptors (Lipinski definition) is 0. The summed E-state index contributed by atoms with van der Waals surface area (Å²) >= 11 is 0. The topological polar surface area (TPSA) is 0 Å². The van der Waals surface area contributed by atoms with Crippen molar-refractivity contribution in [3.05, 3.63) is 71.0 Å². The number of fused-ring (bicyclic) bond motifs is 6. The second-order valence-electron chi connectivity index (χ2n) is 5.77. The summed E-state index contributed by atoms with van der Waals surface area (Å²) in [5.74, 6) is -4.87. The van der Waals surface area contributed by atoms with Crippen LogP contribution in [-0.2, 0) is 0 Å². The quantitative estimate of drug-likeness (QED) is 0.268. The van der Waals surface area contributed by atoms with Crippen LogP contribution in [-0.4, -0.2) is 0 Å². The van der Waals surface area contributed by atoms with Crippen LogP contribution in [0, 0.1) is 36.0 Å². The van der Waals surface area contributed by atoms with E-state index in [1.54, 1.807) is 0 Å². The molecule has 0 aliphatic carbocycles. The van der Waals surface area contributed by atoms with Crippen LogP contribution in [0.5, 0.6) is 0 Å². The van der Waals surface area contributed by atoms with Gasteiger partial charge in [0, 0.05) is 0 Å². The minimum absolute atomic E-state index is 0.193. The number of benzene rings is 4. The summed E-state index contributed by atoms with van der Waals surface area (Å²) in [4.78, 5) is 0.